The van der Waals surface area contributed by atoms with Gasteiger partial charge in [-0.25, -0.2) is 0 Å². The molecule has 1 aromatic rings. The Morgan fingerprint density at radius 3 is 2.67 bits per heavy atom. The molecule has 0 fully saturated rings. The van der Waals surface area contributed by atoms with Gasteiger partial charge >= 0.3 is 0 Å². The van der Waals surface area contributed by atoms with Crippen LogP contribution in [0.5, 0.6) is 0 Å². The van der Waals surface area contributed by atoms with Crippen LogP contribution >= 0.6 is 0 Å². The first-order chi connectivity index (χ1) is 8.92. The van der Waals surface area contributed by atoms with E-state index in [1.165, 1.54) is 30.4 Å². The Hall–Kier alpha value is -1.12. The first-order valence-electron chi connectivity index (χ1n) is 6.85. The molecular weight excluding hydrogens is 224 g/mol. The number of rotatable bonds is 6. The smallest absolute Gasteiger partial charge is 0.147 e. The summed E-state index contributed by atoms with van der Waals surface area (Å²) in [4.78, 5) is 0. The van der Waals surface area contributed by atoms with Gasteiger partial charge in [-0.1, -0.05) is 36.4 Å². The molecule has 2 nitrogen and oxygen atoms in total. The molecule has 0 saturated carbocycles. The summed E-state index contributed by atoms with van der Waals surface area (Å²) in [6.07, 6.45) is 7.30. The topological polar surface area (TPSA) is 18.5 Å². The maximum atomic E-state index is 5.92. The van der Waals surface area contributed by atoms with E-state index in [0.717, 1.165) is 6.42 Å². The van der Waals surface area contributed by atoms with Gasteiger partial charge in [-0.15, -0.1) is 0 Å². The second-order valence-corrected chi connectivity index (χ2v) is 4.59. The third-order valence-corrected chi connectivity index (χ3v) is 3.29. The van der Waals surface area contributed by atoms with Crippen molar-refractivity contribution >= 4 is 0 Å². The highest BCUT2D eigenvalue weighted by atomic mass is 16.7. The van der Waals surface area contributed by atoms with Gasteiger partial charge in [0.2, 0.25) is 0 Å². The minimum atomic E-state index is 0.0676. The zero-order valence-electron chi connectivity index (χ0n) is 11.1. The average molecular weight is 246 g/mol. The van der Waals surface area contributed by atoms with Crippen molar-refractivity contribution in [3.8, 4) is 0 Å². The minimum absolute atomic E-state index is 0.0676. The van der Waals surface area contributed by atoms with Crippen molar-refractivity contribution in [2.75, 3.05) is 13.4 Å². The fourth-order valence-electron chi connectivity index (χ4n) is 2.35. The van der Waals surface area contributed by atoms with Gasteiger partial charge in [0, 0.05) is 6.61 Å². The predicted molar refractivity (Wildman–Crippen MR) is 73.3 cm³/mol. The van der Waals surface area contributed by atoms with Crippen molar-refractivity contribution in [1.29, 1.82) is 0 Å². The fraction of sp³-hybridized carbons (Fsp3) is 0.500. The summed E-state index contributed by atoms with van der Waals surface area (Å²) in [5.74, 6) is 0. The van der Waals surface area contributed by atoms with Crippen LogP contribution in [-0.2, 0) is 9.47 Å². The van der Waals surface area contributed by atoms with Crippen LogP contribution in [0.15, 0.2) is 42.0 Å². The quantitative estimate of drug-likeness (QED) is 0.424. The van der Waals surface area contributed by atoms with E-state index in [9.17, 15) is 0 Å². The van der Waals surface area contributed by atoms with Gasteiger partial charge < -0.3 is 9.47 Å². The van der Waals surface area contributed by atoms with Crippen molar-refractivity contribution in [2.45, 2.75) is 38.7 Å². The standard InChI is InChI=1S/C16H22O2/c1-2-17-13-18-16(14-9-5-3-6-10-14)15-11-7-4-8-12-15/h3,5-6,9-11,16H,2,4,7-8,12-13H2,1H3/t16-/m0/s1. The van der Waals surface area contributed by atoms with Crippen LogP contribution in [0.4, 0.5) is 0 Å². The lowest BCUT2D eigenvalue weighted by Crippen LogP contribution is -2.12. The van der Waals surface area contributed by atoms with E-state index in [4.69, 9.17) is 9.47 Å². The molecule has 0 aliphatic heterocycles. The molecule has 1 aliphatic rings. The third kappa shape index (κ3) is 3.69. The number of hydrogen-bond acceptors (Lipinski definition) is 2. The van der Waals surface area contributed by atoms with Crippen molar-refractivity contribution in [1.82, 2.24) is 0 Å². The molecule has 1 atom stereocenters. The molecule has 18 heavy (non-hydrogen) atoms. The summed E-state index contributed by atoms with van der Waals surface area (Å²) in [5.41, 5.74) is 2.64. The second-order valence-electron chi connectivity index (χ2n) is 4.59. The minimum Gasteiger partial charge on any atom is -0.356 e. The summed E-state index contributed by atoms with van der Waals surface area (Å²) in [5, 5.41) is 0. The lowest BCUT2D eigenvalue weighted by molar-refractivity contribution is -0.0773. The zero-order chi connectivity index (χ0) is 12.6. The molecular formula is C16H22O2. The van der Waals surface area contributed by atoms with E-state index in [1.807, 2.05) is 13.0 Å². The van der Waals surface area contributed by atoms with Gasteiger partial charge in [-0.3, -0.25) is 0 Å². The Morgan fingerprint density at radius 2 is 2.00 bits per heavy atom. The lowest BCUT2D eigenvalue weighted by Gasteiger charge is -2.24. The Balaban J connectivity index is 2.09. The summed E-state index contributed by atoms with van der Waals surface area (Å²) in [6.45, 7) is 3.05. The predicted octanol–water partition coefficient (Wildman–Crippen LogP) is 4.24. The number of benzene rings is 1. The number of ether oxygens (including phenoxy) is 2. The first-order valence-corrected chi connectivity index (χ1v) is 6.85. The third-order valence-electron chi connectivity index (χ3n) is 3.29. The van der Waals surface area contributed by atoms with Gasteiger partial charge in [-0.05, 0) is 43.7 Å². The van der Waals surface area contributed by atoms with Crippen LogP contribution in [0, 0.1) is 0 Å². The highest BCUT2D eigenvalue weighted by molar-refractivity contribution is 5.27. The summed E-state index contributed by atoms with van der Waals surface area (Å²) in [7, 11) is 0. The van der Waals surface area contributed by atoms with E-state index in [1.54, 1.807) is 0 Å². The van der Waals surface area contributed by atoms with Gasteiger partial charge in [0.05, 0.1) is 0 Å². The molecule has 98 valence electrons. The first kappa shape index (κ1) is 13.3. The van der Waals surface area contributed by atoms with Gasteiger partial charge in [-0.2, -0.15) is 0 Å². The lowest BCUT2D eigenvalue weighted by atomic mass is 9.92. The van der Waals surface area contributed by atoms with Crippen molar-refractivity contribution in [3.63, 3.8) is 0 Å². The molecule has 0 bridgehead atoms. The molecule has 0 N–H and O–H groups in total. The molecule has 0 radical (unpaired) electrons. The van der Waals surface area contributed by atoms with Crippen LogP contribution in [0.25, 0.3) is 0 Å². The van der Waals surface area contributed by atoms with Crippen LogP contribution in [0.1, 0.15) is 44.3 Å². The maximum absolute atomic E-state index is 5.92. The Labute approximate surface area is 110 Å². The van der Waals surface area contributed by atoms with Crippen LogP contribution in [-0.4, -0.2) is 13.4 Å². The van der Waals surface area contributed by atoms with Crippen LogP contribution in [0.3, 0.4) is 0 Å². The molecule has 2 heteroatoms. The van der Waals surface area contributed by atoms with Crippen LogP contribution < -0.4 is 0 Å². The zero-order valence-corrected chi connectivity index (χ0v) is 11.1. The molecule has 0 spiro atoms. The van der Waals surface area contributed by atoms with E-state index in [2.05, 4.69) is 30.3 Å². The van der Waals surface area contributed by atoms with Gasteiger partial charge in [0.1, 0.15) is 12.9 Å². The normalized spacial score (nSPS) is 17.3. The molecule has 0 aromatic heterocycles. The summed E-state index contributed by atoms with van der Waals surface area (Å²) in [6, 6.07) is 10.4. The summed E-state index contributed by atoms with van der Waals surface area (Å²) < 4.78 is 11.2. The maximum Gasteiger partial charge on any atom is 0.147 e. The van der Waals surface area contributed by atoms with Crippen LogP contribution in [0.2, 0.25) is 0 Å². The highest BCUT2D eigenvalue weighted by Crippen LogP contribution is 2.32. The molecule has 1 aromatic carbocycles. The molecule has 0 unspecified atom stereocenters. The van der Waals surface area contributed by atoms with Crippen molar-refractivity contribution in [2.24, 2.45) is 0 Å². The highest BCUT2D eigenvalue weighted by Gasteiger charge is 2.18. The van der Waals surface area contributed by atoms with E-state index < -0.39 is 0 Å². The molecule has 2 rings (SSSR count). The SMILES string of the molecule is CCOCO[C@H](C1=CCCCC1)c1ccccc1. The van der Waals surface area contributed by atoms with Gasteiger partial charge in [0.25, 0.3) is 0 Å². The van der Waals surface area contributed by atoms with E-state index in [-0.39, 0.29) is 6.10 Å². The Bertz CT molecular complexity index is 370. The van der Waals surface area contributed by atoms with E-state index >= 15 is 0 Å². The van der Waals surface area contributed by atoms with Gasteiger partial charge in [0.15, 0.2) is 0 Å². The average Bonchev–Trinajstić information content (AvgIpc) is 2.46. The molecule has 1 aliphatic carbocycles. The van der Waals surface area contributed by atoms with Crippen molar-refractivity contribution in [3.05, 3.63) is 47.5 Å². The monoisotopic (exact) mass is 246 g/mol. The molecule has 0 saturated heterocycles. The fourth-order valence-corrected chi connectivity index (χ4v) is 2.35. The number of hydrogen-bond donors (Lipinski definition) is 0. The molecule has 0 amide bonds. The summed E-state index contributed by atoms with van der Waals surface area (Å²) >= 11 is 0. The van der Waals surface area contributed by atoms with Crippen molar-refractivity contribution < 1.29 is 9.47 Å². The second kappa shape index (κ2) is 7.34. The largest absolute Gasteiger partial charge is 0.356 e. The Morgan fingerprint density at radius 1 is 1.17 bits per heavy atom. The Kier molecular flexibility index (Phi) is 5.43. The number of allylic oxidation sites excluding steroid dienone is 1. The molecule has 0 heterocycles. The van der Waals surface area contributed by atoms with E-state index in [0.29, 0.717) is 13.4 Å².